The van der Waals surface area contributed by atoms with Gasteiger partial charge in [-0.1, -0.05) is 23.7 Å². The van der Waals surface area contributed by atoms with E-state index in [1.165, 1.54) is 6.26 Å². The maximum Gasteiger partial charge on any atom is 0.227 e. The second-order valence-corrected chi connectivity index (χ2v) is 8.99. The van der Waals surface area contributed by atoms with E-state index in [1.54, 1.807) is 30.3 Å². The van der Waals surface area contributed by atoms with Gasteiger partial charge in [-0.2, -0.15) is 0 Å². The molecule has 26 heavy (non-hydrogen) atoms. The Bertz CT molecular complexity index is 925. The zero-order valence-electron chi connectivity index (χ0n) is 14.5. The monoisotopic (exact) mass is 393 g/mol. The molecule has 1 aliphatic heterocycles. The first-order valence-corrected chi connectivity index (χ1v) is 10.5. The normalized spacial score (nSPS) is 17.7. The molecule has 1 heterocycles. The van der Waals surface area contributed by atoms with Gasteiger partial charge in [-0.25, -0.2) is 8.42 Å². The standard InChI is InChI=1S/C19H20ClNO4S/c1-12(13-3-6-17(7-4-13)26(2,23)24)21-19(22)15-9-14-10-16(20)5-8-18(14)25-11-15/h3-8,10,12,15H,9,11H2,1-2H3,(H,21,22)/t12-,15+/m0/s1. The van der Waals surface area contributed by atoms with Crippen LogP contribution in [0.1, 0.15) is 24.1 Å². The Morgan fingerprint density at radius 2 is 1.92 bits per heavy atom. The number of sulfone groups is 1. The van der Waals surface area contributed by atoms with Crippen molar-refractivity contribution in [1.29, 1.82) is 0 Å². The molecule has 0 spiro atoms. The largest absolute Gasteiger partial charge is 0.492 e. The van der Waals surface area contributed by atoms with E-state index in [0.29, 0.717) is 18.1 Å². The van der Waals surface area contributed by atoms with Crippen LogP contribution in [0.4, 0.5) is 0 Å². The van der Waals surface area contributed by atoms with Crippen LogP contribution < -0.4 is 10.1 Å². The predicted molar refractivity (Wildman–Crippen MR) is 100 cm³/mol. The van der Waals surface area contributed by atoms with Gasteiger partial charge in [0.05, 0.1) is 16.9 Å². The molecule has 0 bridgehead atoms. The van der Waals surface area contributed by atoms with Crippen molar-refractivity contribution in [3.05, 3.63) is 58.6 Å². The lowest BCUT2D eigenvalue weighted by Gasteiger charge is -2.26. The number of carbonyl (C=O) groups is 1. The Morgan fingerprint density at radius 3 is 2.58 bits per heavy atom. The Morgan fingerprint density at radius 1 is 1.23 bits per heavy atom. The number of benzene rings is 2. The van der Waals surface area contributed by atoms with E-state index >= 15 is 0 Å². The molecule has 0 unspecified atom stereocenters. The lowest BCUT2D eigenvalue weighted by Crippen LogP contribution is -2.38. The highest BCUT2D eigenvalue weighted by Crippen LogP contribution is 2.30. The Kier molecular flexibility index (Phi) is 5.25. The van der Waals surface area contributed by atoms with Gasteiger partial charge in [0, 0.05) is 11.3 Å². The van der Waals surface area contributed by atoms with Crippen molar-refractivity contribution in [3.63, 3.8) is 0 Å². The van der Waals surface area contributed by atoms with Crippen molar-refractivity contribution < 1.29 is 17.9 Å². The van der Waals surface area contributed by atoms with E-state index < -0.39 is 9.84 Å². The fourth-order valence-corrected chi connectivity index (χ4v) is 3.77. The summed E-state index contributed by atoms with van der Waals surface area (Å²) in [4.78, 5) is 12.8. The summed E-state index contributed by atoms with van der Waals surface area (Å²) in [6, 6.07) is 11.7. The van der Waals surface area contributed by atoms with Gasteiger partial charge < -0.3 is 10.1 Å². The zero-order chi connectivity index (χ0) is 18.9. The van der Waals surface area contributed by atoms with Crippen molar-refractivity contribution >= 4 is 27.3 Å². The summed E-state index contributed by atoms with van der Waals surface area (Å²) < 4.78 is 28.7. The highest BCUT2D eigenvalue weighted by Gasteiger charge is 2.27. The van der Waals surface area contributed by atoms with Crippen molar-refractivity contribution in [3.8, 4) is 5.75 Å². The number of nitrogens with one attached hydrogen (secondary N) is 1. The van der Waals surface area contributed by atoms with Gasteiger partial charge in [0.1, 0.15) is 12.4 Å². The van der Waals surface area contributed by atoms with Gasteiger partial charge in [0.15, 0.2) is 9.84 Å². The van der Waals surface area contributed by atoms with Crippen molar-refractivity contribution in [2.45, 2.75) is 24.3 Å². The maximum absolute atomic E-state index is 12.6. The first kappa shape index (κ1) is 18.7. The second-order valence-electron chi connectivity index (χ2n) is 6.54. The lowest BCUT2D eigenvalue weighted by molar-refractivity contribution is -0.126. The number of amides is 1. The molecule has 1 amide bonds. The molecule has 1 N–H and O–H groups in total. The molecule has 0 radical (unpaired) electrons. The summed E-state index contributed by atoms with van der Waals surface area (Å²) in [6.45, 7) is 2.18. The SMILES string of the molecule is C[C@H](NC(=O)[C@H]1COc2ccc(Cl)cc2C1)c1ccc(S(C)(=O)=O)cc1. The molecular weight excluding hydrogens is 374 g/mol. The van der Waals surface area contributed by atoms with Crippen LogP contribution >= 0.6 is 11.6 Å². The van der Waals surface area contributed by atoms with Crippen LogP contribution in [0.25, 0.3) is 0 Å². The lowest BCUT2D eigenvalue weighted by atomic mass is 9.95. The van der Waals surface area contributed by atoms with Crippen LogP contribution in [0.15, 0.2) is 47.4 Å². The molecule has 2 aromatic rings. The molecule has 0 saturated carbocycles. The fourth-order valence-electron chi connectivity index (χ4n) is 2.95. The Hall–Kier alpha value is -2.05. The van der Waals surface area contributed by atoms with E-state index in [9.17, 15) is 13.2 Å². The molecule has 3 rings (SSSR count). The number of halogens is 1. The number of ether oxygens (including phenoxy) is 1. The summed E-state index contributed by atoms with van der Waals surface area (Å²) in [6.07, 6.45) is 1.74. The highest BCUT2D eigenvalue weighted by atomic mass is 35.5. The molecule has 0 aliphatic carbocycles. The smallest absolute Gasteiger partial charge is 0.227 e. The maximum atomic E-state index is 12.6. The van der Waals surface area contributed by atoms with Gasteiger partial charge >= 0.3 is 0 Å². The van der Waals surface area contributed by atoms with Gasteiger partial charge in [-0.3, -0.25) is 4.79 Å². The third-order valence-corrected chi connectivity index (χ3v) is 5.83. The van der Waals surface area contributed by atoms with Crippen LogP contribution in [0, 0.1) is 5.92 Å². The summed E-state index contributed by atoms with van der Waals surface area (Å²) in [7, 11) is -3.23. The number of rotatable bonds is 4. The number of carbonyl (C=O) groups excluding carboxylic acids is 1. The third kappa shape index (κ3) is 4.19. The predicted octanol–water partition coefficient (Wildman–Crippen LogP) is 3.17. The molecule has 0 fully saturated rings. The van der Waals surface area contributed by atoms with Gasteiger partial charge in [0.25, 0.3) is 0 Å². The quantitative estimate of drug-likeness (QED) is 0.865. The van der Waals surface area contributed by atoms with Crippen molar-refractivity contribution in [2.24, 2.45) is 5.92 Å². The van der Waals surface area contributed by atoms with Crippen LogP contribution in [0.2, 0.25) is 5.02 Å². The van der Waals surface area contributed by atoms with E-state index in [-0.39, 0.29) is 22.8 Å². The zero-order valence-corrected chi connectivity index (χ0v) is 16.1. The van der Waals surface area contributed by atoms with Crippen LogP contribution in [-0.4, -0.2) is 27.2 Å². The number of hydrogen-bond acceptors (Lipinski definition) is 4. The first-order chi connectivity index (χ1) is 12.2. The summed E-state index contributed by atoms with van der Waals surface area (Å²) >= 11 is 6.01. The van der Waals surface area contributed by atoms with Crippen molar-refractivity contribution in [1.82, 2.24) is 5.32 Å². The molecule has 138 valence electrons. The van der Waals surface area contributed by atoms with E-state index in [0.717, 1.165) is 16.9 Å². The first-order valence-electron chi connectivity index (χ1n) is 8.25. The molecular formula is C19H20ClNO4S. The van der Waals surface area contributed by atoms with E-state index in [2.05, 4.69) is 5.32 Å². The third-order valence-electron chi connectivity index (χ3n) is 4.47. The summed E-state index contributed by atoms with van der Waals surface area (Å²) in [5.74, 6) is 0.372. The minimum atomic E-state index is -3.23. The van der Waals surface area contributed by atoms with Gasteiger partial charge in [-0.05, 0) is 54.8 Å². The van der Waals surface area contributed by atoms with Gasteiger partial charge in [-0.15, -0.1) is 0 Å². The highest BCUT2D eigenvalue weighted by molar-refractivity contribution is 7.90. The number of fused-ring (bicyclic) bond motifs is 1. The average molecular weight is 394 g/mol. The molecule has 2 atom stereocenters. The van der Waals surface area contributed by atoms with Gasteiger partial charge in [0.2, 0.25) is 5.91 Å². The van der Waals surface area contributed by atoms with E-state index in [1.807, 2.05) is 19.1 Å². The molecule has 5 nitrogen and oxygen atoms in total. The number of hydrogen-bond donors (Lipinski definition) is 1. The molecule has 0 aromatic heterocycles. The topological polar surface area (TPSA) is 72.5 Å². The van der Waals surface area contributed by atoms with Crippen LogP contribution in [-0.2, 0) is 21.1 Å². The minimum absolute atomic E-state index is 0.102. The van der Waals surface area contributed by atoms with Crippen LogP contribution in [0.5, 0.6) is 5.75 Å². The summed E-state index contributed by atoms with van der Waals surface area (Å²) in [5.41, 5.74) is 1.76. The minimum Gasteiger partial charge on any atom is -0.492 e. The molecule has 0 saturated heterocycles. The molecule has 2 aromatic carbocycles. The van der Waals surface area contributed by atoms with E-state index in [4.69, 9.17) is 16.3 Å². The second kappa shape index (κ2) is 7.29. The molecule has 1 aliphatic rings. The molecule has 7 heteroatoms. The van der Waals surface area contributed by atoms with Crippen molar-refractivity contribution in [2.75, 3.05) is 12.9 Å². The average Bonchev–Trinajstić information content (AvgIpc) is 2.60. The Balaban J connectivity index is 1.66. The Labute approximate surface area is 158 Å². The fraction of sp³-hybridized carbons (Fsp3) is 0.316. The van der Waals surface area contributed by atoms with Crippen LogP contribution in [0.3, 0.4) is 0 Å². The summed E-state index contributed by atoms with van der Waals surface area (Å²) in [5, 5.41) is 3.59.